The Kier molecular flexibility index (Phi) is 3.47. The van der Waals surface area contributed by atoms with Gasteiger partial charge in [0.05, 0.1) is 18.8 Å². The molecule has 1 aromatic carbocycles. The lowest BCUT2D eigenvalue weighted by Gasteiger charge is -2.16. The average molecular weight is 357 g/mol. The van der Waals surface area contributed by atoms with Crippen molar-refractivity contribution < 1.29 is 8.78 Å². The summed E-state index contributed by atoms with van der Waals surface area (Å²) in [5.41, 5.74) is 2.68. The normalized spacial score (nSPS) is 16.3. The Morgan fingerprint density at radius 1 is 1.04 bits per heavy atom. The fourth-order valence-electron chi connectivity index (χ4n) is 3.40. The molecule has 0 amide bonds. The van der Waals surface area contributed by atoms with Gasteiger partial charge in [0.15, 0.2) is 11.6 Å². The Morgan fingerprint density at radius 3 is 2.46 bits per heavy atom. The van der Waals surface area contributed by atoms with Crippen molar-refractivity contribution in [2.75, 3.05) is 4.90 Å². The zero-order valence-corrected chi connectivity index (χ0v) is 14.0. The van der Waals surface area contributed by atoms with Crippen LogP contribution in [-0.4, -0.2) is 30.0 Å². The molecule has 1 saturated carbocycles. The van der Waals surface area contributed by atoms with Crippen molar-refractivity contribution in [3.8, 4) is 0 Å². The zero-order chi connectivity index (χ0) is 17.7. The van der Waals surface area contributed by atoms with Crippen LogP contribution in [0.5, 0.6) is 0 Å². The molecule has 0 saturated heterocycles. The lowest BCUT2D eigenvalue weighted by atomic mass is 10.1. The molecule has 3 heterocycles. The first-order chi connectivity index (χ1) is 12.7. The number of rotatable bonds is 5. The van der Waals surface area contributed by atoms with E-state index in [2.05, 4.69) is 26.7 Å². The van der Waals surface area contributed by atoms with Crippen LogP contribution in [0.3, 0.4) is 0 Å². The molecule has 7 nitrogen and oxygen atoms in total. The minimum atomic E-state index is -0.824. The van der Waals surface area contributed by atoms with E-state index in [1.165, 1.54) is 25.0 Å². The molecule has 0 unspecified atom stereocenters. The molecular weight excluding hydrogens is 340 g/mol. The van der Waals surface area contributed by atoms with E-state index in [9.17, 15) is 8.78 Å². The quantitative estimate of drug-likeness (QED) is 0.701. The number of aryl methyl sites for hydroxylation is 2. The Bertz CT molecular complexity index is 929. The summed E-state index contributed by atoms with van der Waals surface area (Å²) in [5.74, 6) is -0.425. The van der Waals surface area contributed by atoms with Crippen LogP contribution in [-0.2, 0) is 26.2 Å². The van der Waals surface area contributed by atoms with Gasteiger partial charge < -0.3 is 4.90 Å². The van der Waals surface area contributed by atoms with E-state index in [1.807, 2.05) is 15.8 Å². The Morgan fingerprint density at radius 2 is 1.77 bits per heavy atom. The summed E-state index contributed by atoms with van der Waals surface area (Å²) in [6.07, 6.45) is 4.44. The lowest BCUT2D eigenvalue weighted by Crippen LogP contribution is -2.21. The summed E-state index contributed by atoms with van der Waals surface area (Å²) in [6, 6.07) is 4.57. The van der Waals surface area contributed by atoms with Gasteiger partial charge in [-0.2, -0.15) is 5.10 Å². The maximum atomic E-state index is 13.4. The Balaban J connectivity index is 1.30. The molecule has 2 aromatic heterocycles. The number of hydrogen-bond acceptors (Lipinski definition) is 5. The van der Waals surface area contributed by atoms with Crippen LogP contribution in [0.4, 0.5) is 14.7 Å². The third-order valence-electron chi connectivity index (χ3n) is 4.96. The molecule has 1 aliphatic carbocycles. The lowest BCUT2D eigenvalue weighted by molar-refractivity contribution is 0.484. The number of aromatic nitrogens is 6. The van der Waals surface area contributed by atoms with Crippen LogP contribution >= 0.6 is 0 Å². The molecule has 0 atom stereocenters. The Hall–Kier alpha value is -2.84. The van der Waals surface area contributed by atoms with Crippen LogP contribution in [0.15, 0.2) is 24.4 Å². The minimum Gasteiger partial charge on any atom is -0.331 e. The average Bonchev–Trinajstić information content (AvgIpc) is 3.04. The van der Waals surface area contributed by atoms with Crippen molar-refractivity contribution in [1.29, 1.82) is 0 Å². The topological polar surface area (TPSA) is 64.7 Å². The van der Waals surface area contributed by atoms with Crippen molar-refractivity contribution in [3.05, 3.63) is 52.9 Å². The molecule has 26 heavy (non-hydrogen) atoms. The van der Waals surface area contributed by atoms with Gasteiger partial charge in [-0.25, -0.2) is 13.5 Å². The van der Waals surface area contributed by atoms with Gasteiger partial charge in [-0.15, -0.1) is 0 Å². The highest BCUT2D eigenvalue weighted by Gasteiger charge is 2.27. The highest BCUT2D eigenvalue weighted by atomic mass is 19.2. The number of tetrazole rings is 1. The third kappa shape index (κ3) is 2.73. The molecule has 1 aliphatic heterocycles. The van der Waals surface area contributed by atoms with E-state index in [4.69, 9.17) is 0 Å². The summed E-state index contributed by atoms with van der Waals surface area (Å²) >= 11 is 0. The molecule has 5 rings (SSSR count). The van der Waals surface area contributed by atoms with Crippen molar-refractivity contribution in [2.24, 2.45) is 0 Å². The van der Waals surface area contributed by atoms with Gasteiger partial charge in [0, 0.05) is 25.2 Å². The standard InChI is InChI=1S/C17H17F2N7/c18-14-7-12-9-24(10-13(12)8-15(14)19)17-20-22-23-26(17)6-5-25-4-3-16(21-25)11-1-2-11/h3-4,7-8,11H,1-2,5-6,9-10H2. The molecular formula is C17H17F2N7. The number of hydrogen-bond donors (Lipinski definition) is 0. The van der Waals surface area contributed by atoms with E-state index in [0.717, 1.165) is 16.8 Å². The number of benzene rings is 1. The van der Waals surface area contributed by atoms with Crippen molar-refractivity contribution in [2.45, 2.75) is 44.9 Å². The molecule has 0 bridgehead atoms. The van der Waals surface area contributed by atoms with E-state index in [1.54, 1.807) is 4.68 Å². The van der Waals surface area contributed by atoms with Crippen LogP contribution < -0.4 is 4.90 Å². The van der Waals surface area contributed by atoms with Crippen molar-refractivity contribution in [1.82, 2.24) is 30.0 Å². The first kappa shape index (κ1) is 15.4. The maximum absolute atomic E-state index is 13.4. The van der Waals surface area contributed by atoms with E-state index < -0.39 is 11.6 Å². The summed E-state index contributed by atoms with van der Waals surface area (Å²) in [6.45, 7) is 2.15. The predicted octanol–water partition coefficient (Wildman–Crippen LogP) is 2.25. The van der Waals surface area contributed by atoms with Gasteiger partial charge in [-0.05, 0) is 52.6 Å². The van der Waals surface area contributed by atoms with Gasteiger partial charge in [0.1, 0.15) is 0 Å². The van der Waals surface area contributed by atoms with Crippen LogP contribution in [0.2, 0.25) is 0 Å². The fourth-order valence-corrected chi connectivity index (χ4v) is 3.40. The van der Waals surface area contributed by atoms with E-state index in [-0.39, 0.29) is 0 Å². The second-order valence-electron chi connectivity index (χ2n) is 6.87. The molecule has 3 aromatic rings. The van der Waals surface area contributed by atoms with Crippen LogP contribution in [0, 0.1) is 11.6 Å². The van der Waals surface area contributed by atoms with Crippen LogP contribution in [0.25, 0.3) is 0 Å². The monoisotopic (exact) mass is 357 g/mol. The molecule has 134 valence electrons. The molecule has 0 radical (unpaired) electrons. The van der Waals surface area contributed by atoms with Crippen molar-refractivity contribution >= 4 is 5.95 Å². The first-order valence-electron chi connectivity index (χ1n) is 8.68. The smallest absolute Gasteiger partial charge is 0.246 e. The third-order valence-corrected chi connectivity index (χ3v) is 4.96. The van der Waals surface area contributed by atoms with Crippen LogP contribution in [0.1, 0.15) is 35.6 Å². The maximum Gasteiger partial charge on any atom is 0.246 e. The fraction of sp³-hybridized carbons (Fsp3) is 0.412. The van der Waals surface area contributed by atoms with E-state index >= 15 is 0 Å². The molecule has 9 heteroatoms. The SMILES string of the molecule is Fc1cc2c(cc1F)CN(c1nnnn1CCn1ccc(C3CC3)n1)C2. The van der Waals surface area contributed by atoms with Gasteiger partial charge in [-0.1, -0.05) is 5.10 Å². The molecule has 1 fully saturated rings. The van der Waals surface area contributed by atoms with Crippen molar-refractivity contribution in [3.63, 3.8) is 0 Å². The summed E-state index contributed by atoms with van der Waals surface area (Å²) in [4.78, 5) is 1.92. The summed E-state index contributed by atoms with van der Waals surface area (Å²) < 4.78 is 30.5. The summed E-state index contributed by atoms with van der Waals surface area (Å²) in [5, 5.41) is 16.5. The Labute approximate surface area is 148 Å². The first-order valence-corrected chi connectivity index (χ1v) is 8.68. The molecule has 0 N–H and O–H groups in total. The number of fused-ring (bicyclic) bond motifs is 1. The van der Waals surface area contributed by atoms with Gasteiger partial charge in [0.2, 0.25) is 5.95 Å². The van der Waals surface area contributed by atoms with Gasteiger partial charge in [-0.3, -0.25) is 4.68 Å². The number of nitrogens with zero attached hydrogens (tertiary/aromatic N) is 7. The highest BCUT2D eigenvalue weighted by molar-refractivity contribution is 5.43. The van der Waals surface area contributed by atoms with E-state index in [0.29, 0.717) is 38.0 Å². The molecule has 2 aliphatic rings. The molecule has 0 spiro atoms. The second-order valence-corrected chi connectivity index (χ2v) is 6.87. The predicted molar refractivity (Wildman–Crippen MR) is 88.3 cm³/mol. The van der Waals surface area contributed by atoms with Gasteiger partial charge in [0.25, 0.3) is 0 Å². The van der Waals surface area contributed by atoms with Gasteiger partial charge >= 0.3 is 0 Å². The largest absolute Gasteiger partial charge is 0.331 e. The summed E-state index contributed by atoms with van der Waals surface area (Å²) in [7, 11) is 0. The minimum absolute atomic E-state index is 0.459. The number of halogens is 2. The second kappa shape index (κ2) is 5.86. The zero-order valence-electron chi connectivity index (χ0n) is 14.0. The highest BCUT2D eigenvalue weighted by Crippen LogP contribution is 2.38. The number of anilines is 1.